The highest BCUT2D eigenvalue weighted by Crippen LogP contribution is 2.35. The minimum atomic E-state index is -5.08. The summed E-state index contributed by atoms with van der Waals surface area (Å²) in [5, 5.41) is 16.3. The number of halogens is 3. The van der Waals surface area contributed by atoms with E-state index in [1.54, 1.807) is 24.1 Å². The van der Waals surface area contributed by atoms with Gasteiger partial charge >= 0.3 is 12.1 Å². The van der Waals surface area contributed by atoms with Gasteiger partial charge in [-0.3, -0.25) is 14.8 Å². The van der Waals surface area contributed by atoms with Crippen LogP contribution in [0.15, 0.2) is 53.4 Å². The molecule has 0 saturated carbocycles. The third-order valence-electron chi connectivity index (χ3n) is 6.59. The number of nitrogens with one attached hydrogen (secondary N) is 1. The molecule has 0 aliphatic carbocycles. The second-order valence-corrected chi connectivity index (χ2v) is 12.0. The summed E-state index contributed by atoms with van der Waals surface area (Å²) in [5.74, 6) is -3.33. The highest BCUT2D eigenvalue weighted by atomic mass is 32.2. The summed E-state index contributed by atoms with van der Waals surface area (Å²) in [5.41, 5.74) is 3.13. The van der Waals surface area contributed by atoms with E-state index in [4.69, 9.17) is 24.6 Å². The van der Waals surface area contributed by atoms with Crippen molar-refractivity contribution in [3.8, 4) is 5.75 Å². The number of ether oxygens (including phenoxy) is 2. The molecule has 1 fully saturated rings. The summed E-state index contributed by atoms with van der Waals surface area (Å²) in [4.78, 5) is 37.4. The normalized spacial score (nSPS) is 14.5. The molecule has 3 N–H and O–H groups in total. The van der Waals surface area contributed by atoms with Crippen molar-refractivity contribution >= 4 is 33.3 Å². The van der Waals surface area contributed by atoms with Crippen LogP contribution in [0.1, 0.15) is 29.6 Å². The van der Waals surface area contributed by atoms with Crippen LogP contribution in [0, 0.1) is 0 Å². The molecule has 2 aromatic rings. The first-order valence-corrected chi connectivity index (χ1v) is 14.4. The number of carbonyl (C=O) groups excluding carboxylic acids is 2. The van der Waals surface area contributed by atoms with Gasteiger partial charge < -0.3 is 24.4 Å². The van der Waals surface area contributed by atoms with Crippen LogP contribution in [0.2, 0.25) is 0 Å². The summed E-state index contributed by atoms with van der Waals surface area (Å²) in [6, 6.07) is 13.2. The summed E-state index contributed by atoms with van der Waals surface area (Å²) >= 11 is 0. The van der Waals surface area contributed by atoms with E-state index >= 15 is 0 Å². The Morgan fingerprint density at radius 1 is 1.00 bits per heavy atom. The standard InChI is InChI=1S/C25H33N3O7S.C2HF3O2/c1-27(2)20-7-5-19(6-8-20)23(29)28(3)15-4-16-35-21-9-11-22(12-10-21)36(32,33)25(24(30)26-31)13-17-34-18-14-25;3-2(4,5)1(6)7/h5-12,31H,4,13-18H2,1-3H3,(H,26,30);(H,6,7). The zero-order valence-electron chi connectivity index (χ0n) is 23.8. The lowest BCUT2D eigenvalue weighted by Crippen LogP contribution is -2.54. The number of carbonyl (C=O) groups is 3. The van der Waals surface area contributed by atoms with Crippen molar-refractivity contribution in [2.45, 2.75) is 35.1 Å². The minimum Gasteiger partial charge on any atom is -0.494 e. The second-order valence-electron chi connectivity index (χ2n) is 9.70. The fourth-order valence-corrected chi connectivity index (χ4v) is 6.02. The molecular formula is C27H34F3N3O9S. The van der Waals surface area contributed by atoms with Crippen LogP contribution in [0.3, 0.4) is 0 Å². The molecule has 12 nitrogen and oxygen atoms in total. The first kappa shape index (κ1) is 35.3. The van der Waals surface area contributed by atoms with Crippen LogP contribution in [-0.4, -0.2) is 99.8 Å². The number of aliphatic carboxylic acids is 1. The van der Waals surface area contributed by atoms with Gasteiger partial charge in [-0.05, 0) is 67.8 Å². The number of benzene rings is 2. The van der Waals surface area contributed by atoms with E-state index in [0.29, 0.717) is 30.9 Å². The number of hydroxylamine groups is 1. The summed E-state index contributed by atoms with van der Waals surface area (Å²) in [6.45, 7) is 1.03. The van der Waals surface area contributed by atoms with Crippen molar-refractivity contribution in [3.05, 3.63) is 54.1 Å². The molecule has 238 valence electrons. The maximum Gasteiger partial charge on any atom is 0.490 e. The summed E-state index contributed by atoms with van der Waals surface area (Å²) < 4.78 is 67.4. The first-order valence-electron chi connectivity index (χ1n) is 12.9. The predicted octanol–water partition coefficient (Wildman–Crippen LogP) is 2.76. The van der Waals surface area contributed by atoms with E-state index < -0.39 is 32.6 Å². The number of alkyl halides is 3. The minimum absolute atomic E-state index is 0.0361. The number of sulfone groups is 1. The van der Waals surface area contributed by atoms with Gasteiger partial charge in [-0.25, -0.2) is 18.7 Å². The van der Waals surface area contributed by atoms with Crippen LogP contribution in [0.4, 0.5) is 18.9 Å². The highest BCUT2D eigenvalue weighted by Gasteiger charge is 2.52. The van der Waals surface area contributed by atoms with Crippen molar-refractivity contribution < 1.29 is 55.8 Å². The molecule has 2 amide bonds. The fraction of sp³-hybridized carbons (Fsp3) is 0.444. The zero-order valence-corrected chi connectivity index (χ0v) is 24.6. The molecule has 16 heteroatoms. The lowest BCUT2D eigenvalue weighted by molar-refractivity contribution is -0.192. The van der Waals surface area contributed by atoms with E-state index in [2.05, 4.69) is 0 Å². The van der Waals surface area contributed by atoms with Crippen LogP contribution in [0.5, 0.6) is 5.75 Å². The fourth-order valence-electron chi connectivity index (χ4n) is 4.08. The quantitative estimate of drug-likeness (QED) is 0.202. The Morgan fingerprint density at radius 3 is 2.00 bits per heavy atom. The van der Waals surface area contributed by atoms with E-state index in [1.807, 2.05) is 31.1 Å². The van der Waals surface area contributed by atoms with E-state index in [-0.39, 0.29) is 36.9 Å². The van der Waals surface area contributed by atoms with Gasteiger partial charge in [0.25, 0.3) is 11.8 Å². The molecule has 1 heterocycles. The number of amides is 2. The van der Waals surface area contributed by atoms with Crippen LogP contribution >= 0.6 is 0 Å². The Morgan fingerprint density at radius 2 is 1.53 bits per heavy atom. The largest absolute Gasteiger partial charge is 0.494 e. The molecular weight excluding hydrogens is 599 g/mol. The third kappa shape index (κ3) is 9.05. The Kier molecular flexibility index (Phi) is 12.3. The topological polar surface area (TPSA) is 163 Å². The lowest BCUT2D eigenvalue weighted by Gasteiger charge is -2.34. The second kappa shape index (κ2) is 15.0. The van der Waals surface area contributed by atoms with Gasteiger partial charge in [-0.15, -0.1) is 0 Å². The Hall–Kier alpha value is -3.89. The number of anilines is 1. The van der Waals surface area contributed by atoms with Gasteiger partial charge in [0.05, 0.1) is 11.5 Å². The molecule has 3 rings (SSSR count). The van der Waals surface area contributed by atoms with Gasteiger partial charge in [-0.2, -0.15) is 13.2 Å². The van der Waals surface area contributed by atoms with Gasteiger partial charge in [0.15, 0.2) is 14.6 Å². The maximum atomic E-state index is 13.3. The number of hydrogen-bond donors (Lipinski definition) is 3. The number of nitrogens with zero attached hydrogens (tertiary/aromatic N) is 2. The van der Waals surface area contributed by atoms with Crippen LogP contribution in [-0.2, 0) is 24.2 Å². The number of carboxylic acid groups (broad SMARTS) is 1. The van der Waals surface area contributed by atoms with Crippen LogP contribution < -0.4 is 15.1 Å². The molecule has 1 saturated heterocycles. The van der Waals surface area contributed by atoms with Crippen LogP contribution in [0.25, 0.3) is 0 Å². The average Bonchev–Trinajstić information content (AvgIpc) is 2.98. The molecule has 1 aliphatic heterocycles. The molecule has 0 aromatic heterocycles. The zero-order chi connectivity index (χ0) is 32.4. The molecule has 0 radical (unpaired) electrons. The molecule has 2 aromatic carbocycles. The average molecular weight is 634 g/mol. The summed E-state index contributed by atoms with van der Waals surface area (Å²) in [6.07, 6.45) is -4.60. The van der Waals surface area contributed by atoms with Gasteiger partial charge in [-0.1, -0.05) is 0 Å². The van der Waals surface area contributed by atoms with Crippen molar-refractivity contribution in [2.75, 3.05) is 52.4 Å². The lowest BCUT2D eigenvalue weighted by atomic mass is 9.98. The molecule has 0 bridgehead atoms. The molecule has 43 heavy (non-hydrogen) atoms. The Labute approximate surface area is 246 Å². The molecule has 1 aliphatic rings. The SMILES string of the molecule is CN(CCCOc1ccc(S(=O)(=O)C2(C(=O)NO)CCOCC2)cc1)C(=O)c1ccc(N(C)C)cc1.O=C(O)C(F)(F)F. The Bertz CT molecular complexity index is 1340. The Balaban J connectivity index is 0.000000821. The first-order chi connectivity index (χ1) is 20.1. The van der Waals surface area contributed by atoms with Crippen molar-refractivity contribution in [1.29, 1.82) is 0 Å². The number of hydrogen-bond acceptors (Lipinski definition) is 9. The number of carboxylic acids is 1. The van der Waals surface area contributed by atoms with E-state index in [0.717, 1.165) is 5.69 Å². The van der Waals surface area contributed by atoms with E-state index in [9.17, 15) is 31.2 Å². The predicted molar refractivity (Wildman–Crippen MR) is 148 cm³/mol. The summed E-state index contributed by atoms with van der Waals surface area (Å²) in [7, 11) is 1.52. The van der Waals surface area contributed by atoms with Gasteiger partial charge in [0.2, 0.25) is 0 Å². The monoisotopic (exact) mass is 633 g/mol. The van der Waals surface area contributed by atoms with Crippen molar-refractivity contribution in [3.63, 3.8) is 0 Å². The van der Waals surface area contributed by atoms with Gasteiger partial charge in [0.1, 0.15) is 5.75 Å². The van der Waals surface area contributed by atoms with Crippen molar-refractivity contribution in [1.82, 2.24) is 10.4 Å². The van der Waals surface area contributed by atoms with E-state index in [1.165, 1.54) is 29.7 Å². The smallest absolute Gasteiger partial charge is 0.490 e. The molecule has 0 spiro atoms. The molecule has 0 atom stereocenters. The highest BCUT2D eigenvalue weighted by molar-refractivity contribution is 7.93. The van der Waals surface area contributed by atoms with Gasteiger partial charge in [0, 0.05) is 52.2 Å². The third-order valence-corrected chi connectivity index (χ3v) is 9.11. The van der Waals surface area contributed by atoms with Crippen molar-refractivity contribution in [2.24, 2.45) is 0 Å². The maximum absolute atomic E-state index is 13.3. The number of rotatable bonds is 10. The molecule has 0 unspecified atom stereocenters.